The zero-order chi connectivity index (χ0) is 15.8. The van der Waals surface area contributed by atoms with Crippen LogP contribution in [0, 0.1) is 0 Å². The highest BCUT2D eigenvalue weighted by Gasteiger charge is 2.08. The van der Waals surface area contributed by atoms with Crippen molar-refractivity contribution in [3.63, 3.8) is 0 Å². The van der Waals surface area contributed by atoms with Crippen molar-refractivity contribution in [2.75, 3.05) is 0 Å². The van der Waals surface area contributed by atoms with Crippen molar-refractivity contribution in [3.8, 4) is 0 Å². The van der Waals surface area contributed by atoms with E-state index in [1.54, 1.807) is 0 Å². The summed E-state index contributed by atoms with van der Waals surface area (Å²) in [5.74, 6) is 0. The lowest BCUT2D eigenvalue weighted by atomic mass is 10.1. The summed E-state index contributed by atoms with van der Waals surface area (Å²) in [6, 6.07) is 15.9. The topological polar surface area (TPSA) is 35.5 Å². The Morgan fingerprint density at radius 3 is 1.45 bits per heavy atom. The van der Waals surface area contributed by atoms with E-state index < -0.39 is 6.16 Å². The Morgan fingerprint density at radius 1 is 0.727 bits per heavy atom. The number of benzene rings is 2. The van der Waals surface area contributed by atoms with Crippen LogP contribution in [0.4, 0.5) is 4.79 Å². The predicted molar refractivity (Wildman–Crippen MR) is 86.6 cm³/mol. The van der Waals surface area contributed by atoms with Crippen molar-refractivity contribution in [3.05, 3.63) is 70.8 Å². The van der Waals surface area contributed by atoms with Gasteiger partial charge in [-0.1, -0.05) is 62.4 Å². The molecule has 0 aliphatic rings. The molecule has 0 aliphatic carbocycles. The largest absolute Gasteiger partial charge is 0.508 e. The molecule has 0 spiro atoms. The number of carbonyl (C=O) groups is 1. The van der Waals surface area contributed by atoms with Crippen LogP contribution >= 0.6 is 0 Å². The van der Waals surface area contributed by atoms with Gasteiger partial charge >= 0.3 is 6.16 Å². The van der Waals surface area contributed by atoms with Gasteiger partial charge in [0.2, 0.25) is 0 Å². The maximum atomic E-state index is 11.7. The first kappa shape index (κ1) is 16.1. The molecular weight excluding hydrogens is 276 g/mol. The van der Waals surface area contributed by atoms with Crippen LogP contribution < -0.4 is 0 Å². The van der Waals surface area contributed by atoms with Gasteiger partial charge in [0.15, 0.2) is 0 Å². The van der Waals surface area contributed by atoms with Crippen molar-refractivity contribution in [2.45, 2.75) is 39.9 Å². The lowest BCUT2D eigenvalue weighted by Crippen LogP contribution is -2.09. The van der Waals surface area contributed by atoms with Crippen LogP contribution in [0.15, 0.2) is 48.5 Å². The highest BCUT2D eigenvalue weighted by atomic mass is 16.7. The van der Waals surface area contributed by atoms with E-state index in [1.807, 2.05) is 48.5 Å². The lowest BCUT2D eigenvalue weighted by molar-refractivity contribution is 0.0443. The Labute approximate surface area is 131 Å². The van der Waals surface area contributed by atoms with Crippen molar-refractivity contribution < 1.29 is 14.3 Å². The third-order valence-corrected chi connectivity index (χ3v) is 3.69. The first-order valence-corrected chi connectivity index (χ1v) is 7.67. The summed E-state index contributed by atoms with van der Waals surface area (Å²) < 4.78 is 10.4. The van der Waals surface area contributed by atoms with Gasteiger partial charge in [0.05, 0.1) is 0 Å². The minimum atomic E-state index is -0.628. The van der Waals surface area contributed by atoms with Gasteiger partial charge in [0, 0.05) is 0 Å². The average Bonchev–Trinajstić information content (AvgIpc) is 2.58. The number of hydrogen-bond acceptors (Lipinski definition) is 3. The smallest absolute Gasteiger partial charge is 0.429 e. The van der Waals surface area contributed by atoms with E-state index in [2.05, 4.69) is 13.8 Å². The monoisotopic (exact) mass is 298 g/mol. The van der Waals surface area contributed by atoms with Crippen LogP contribution in [-0.4, -0.2) is 6.16 Å². The van der Waals surface area contributed by atoms with E-state index in [0.29, 0.717) is 0 Å². The van der Waals surface area contributed by atoms with Gasteiger partial charge < -0.3 is 9.47 Å². The zero-order valence-corrected chi connectivity index (χ0v) is 13.2. The Hall–Kier alpha value is -2.29. The normalized spacial score (nSPS) is 10.3. The second-order valence-electron chi connectivity index (χ2n) is 5.07. The van der Waals surface area contributed by atoms with E-state index in [1.165, 1.54) is 11.1 Å². The van der Waals surface area contributed by atoms with Crippen LogP contribution in [0.1, 0.15) is 36.1 Å². The number of ether oxygens (including phenoxy) is 2. The van der Waals surface area contributed by atoms with Gasteiger partial charge in [-0.15, -0.1) is 0 Å². The maximum absolute atomic E-state index is 11.7. The van der Waals surface area contributed by atoms with E-state index in [0.717, 1.165) is 24.0 Å². The van der Waals surface area contributed by atoms with Crippen LogP contribution in [-0.2, 0) is 35.5 Å². The molecule has 2 rings (SSSR count). The summed E-state index contributed by atoms with van der Waals surface area (Å²) in [6.07, 6.45) is 1.20. The minimum absolute atomic E-state index is 0.248. The molecule has 22 heavy (non-hydrogen) atoms. The standard InChI is InChI=1S/C19H22O3/c1-3-15-9-5-7-11-17(15)13-21-19(20)22-14-18-12-8-6-10-16(18)4-2/h5-12H,3-4,13-14H2,1-2H3. The van der Waals surface area contributed by atoms with Gasteiger partial charge in [0.1, 0.15) is 13.2 Å². The SMILES string of the molecule is CCc1ccccc1COC(=O)OCc1ccccc1CC. The van der Waals surface area contributed by atoms with E-state index in [4.69, 9.17) is 9.47 Å². The van der Waals surface area contributed by atoms with E-state index >= 15 is 0 Å². The molecule has 0 saturated carbocycles. The molecule has 3 heteroatoms. The van der Waals surface area contributed by atoms with Crippen LogP contribution in [0.3, 0.4) is 0 Å². The van der Waals surface area contributed by atoms with Gasteiger partial charge in [-0.25, -0.2) is 4.79 Å². The number of aryl methyl sites for hydroxylation is 2. The quantitative estimate of drug-likeness (QED) is 0.727. The molecule has 3 nitrogen and oxygen atoms in total. The molecule has 0 amide bonds. The molecule has 0 aliphatic heterocycles. The summed E-state index contributed by atoms with van der Waals surface area (Å²) in [6.45, 7) is 4.66. The molecule has 0 bridgehead atoms. The predicted octanol–water partition coefficient (Wildman–Crippen LogP) is 4.66. The summed E-state index contributed by atoms with van der Waals surface area (Å²) >= 11 is 0. The minimum Gasteiger partial charge on any atom is -0.429 e. The second kappa shape index (κ2) is 8.23. The highest BCUT2D eigenvalue weighted by Crippen LogP contribution is 2.13. The molecule has 0 N–H and O–H groups in total. The molecule has 2 aromatic rings. The van der Waals surface area contributed by atoms with Gasteiger partial charge in [-0.05, 0) is 35.1 Å². The molecule has 0 heterocycles. The number of hydrogen-bond donors (Lipinski definition) is 0. The molecule has 0 saturated heterocycles. The third-order valence-electron chi connectivity index (χ3n) is 3.69. The van der Waals surface area contributed by atoms with E-state index in [9.17, 15) is 4.79 Å². The molecular formula is C19H22O3. The fourth-order valence-corrected chi connectivity index (χ4v) is 2.40. The first-order valence-electron chi connectivity index (χ1n) is 7.67. The number of rotatable bonds is 6. The summed E-state index contributed by atoms with van der Waals surface area (Å²) in [5, 5.41) is 0. The van der Waals surface area contributed by atoms with Crippen molar-refractivity contribution in [1.82, 2.24) is 0 Å². The van der Waals surface area contributed by atoms with Crippen molar-refractivity contribution in [2.24, 2.45) is 0 Å². The summed E-state index contributed by atoms with van der Waals surface area (Å²) in [5.41, 5.74) is 4.42. The fraction of sp³-hybridized carbons (Fsp3) is 0.316. The summed E-state index contributed by atoms with van der Waals surface area (Å²) in [4.78, 5) is 11.7. The Balaban J connectivity index is 1.86. The molecule has 0 unspecified atom stereocenters. The first-order chi connectivity index (χ1) is 10.7. The molecule has 0 aromatic heterocycles. The molecule has 0 atom stereocenters. The van der Waals surface area contributed by atoms with Crippen LogP contribution in [0.2, 0.25) is 0 Å². The highest BCUT2D eigenvalue weighted by molar-refractivity contribution is 5.60. The summed E-state index contributed by atoms with van der Waals surface area (Å²) in [7, 11) is 0. The maximum Gasteiger partial charge on any atom is 0.508 e. The molecule has 2 aromatic carbocycles. The molecule has 116 valence electrons. The van der Waals surface area contributed by atoms with Crippen molar-refractivity contribution >= 4 is 6.16 Å². The van der Waals surface area contributed by atoms with Crippen LogP contribution in [0.25, 0.3) is 0 Å². The fourth-order valence-electron chi connectivity index (χ4n) is 2.40. The van der Waals surface area contributed by atoms with E-state index in [-0.39, 0.29) is 13.2 Å². The molecule has 0 fully saturated rings. The Kier molecular flexibility index (Phi) is 6.01. The average molecular weight is 298 g/mol. The lowest BCUT2D eigenvalue weighted by Gasteiger charge is -2.10. The second-order valence-corrected chi connectivity index (χ2v) is 5.07. The van der Waals surface area contributed by atoms with Crippen molar-refractivity contribution in [1.29, 1.82) is 0 Å². The zero-order valence-electron chi connectivity index (χ0n) is 13.2. The number of carbonyl (C=O) groups excluding carboxylic acids is 1. The molecule has 0 radical (unpaired) electrons. The third kappa shape index (κ3) is 4.35. The van der Waals surface area contributed by atoms with Gasteiger partial charge in [-0.3, -0.25) is 0 Å². The van der Waals surface area contributed by atoms with Crippen LogP contribution in [0.5, 0.6) is 0 Å². The Bertz CT molecular complexity index is 566. The van der Waals surface area contributed by atoms with Gasteiger partial charge in [0.25, 0.3) is 0 Å². The van der Waals surface area contributed by atoms with Gasteiger partial charge in [-0.2, -0.15) is 0 Å². The Morgan fingerprint density at radius 2 is 1.09 bits per heavy atom.